The number of carbonyl (C=O) groups excluding carboxylic acids is 1. The standard InChI is InChI=1S/C32H38N4O3/c1-7-8-18-36(32(38)34-28-24(20(2)3)14-10-15-25(28)21(4)5)29-27(22-12-9-13-23(19-22)39-6)26-16-11-17-33-30(26)35-31(29)37/h9-17,19-21H,7-8,18H2,1-6H3,(H,34,38)(H,33,35,37). The van der Waals surface area contributed by atoms with E-state index in [0.717, 1.165) is 40.6 Å². The number of rotatable bonds is 9. The van der Waals surface area contributed by atoms with Crippen LogP contribution in [0.2, 0.25) is 0 Å². The minimum atomic E-state index is -0.369. The van der Waals surface area contributed by atoms with Gasteiger partial charge in [-0.15, -0.1) is 0 Å². The van der Waals surface area contributed by atoms with Gasteiger partial charge in [-0.3, -0.25) is 9.69 Å². The number of nitrogens with zero attached hydrogens (tertiary/aromatic N) is 2. The third-order valence-corrected chi connectivity index (χ3v) is 6.97. The van der Waals surface area contributed by atoms with Gasteiger partial charge in [-0.05, 0) is 59.2 Å². The Morgan fingerprint density at radius 3 is 2.36 bits per heavy atom. The summed E-state index contributed by atoms with van der Waals surface area (Å²) in [5.41, 5.74) is 4.75. The van der Waals surface area contributed by atoms with Gasteiger partial charge in [0, 0.05) is 29.4 Å². The number of hydrogen-bond donors (Lipinski definition) is 2. The number of hydrogen-bond acceptors (Lipinski definition) is 4. The molecule has 0 aliphatic carbocycles. The van der Waals surface area contributed by atoms with Gasteiger partial charge in [0.05, 0.1) is 7.11 Å². The number of carbonyl (C=O) groups is 1. The smallest absolute Gasteiger partial charge is 0.326 e. The number of urea groups is 1. The Labute approximate surface area is 230 Å². The normalized spacial score (nSPS) is 11.3. The van der Waals surface area contributed by atoms with Crippen molar-refractivity contribution >= 4 is 28.4 Å². The first-order valence-electron chi connectivity index (χ1n) is 13.6. The molecular formula is C32H38N4O3. The van der Waals surface area contributed by atoms with Crippen LogP contribution in [-0.4, -0.2) is 29.7 Å². The lowest BCUT2D eigenvalue weighted by atomic mass is 9.92. The molecule has 2 aromatic heterocycles. The zero-order valence-electron chi connectivity index (χ0n) is 23.7. The third-order valence-electron chi connectivity index (χ3n) is 6.97. The number of methoxy groups -OCH3 is 1. The average Bonchev–Trinajstić information content (AvgIpc) is 2.93. The van der Waals surface area contributed by atoms with E-state index in [1.807, 2.05) is 42.5 Å². The maximum atomic E-state index is 14.2. The molecule has 204 valence electrons. The van der Waals surface area contributed by atoms with Crippen molar-refractivity contribution in [2.45, 2.75) is 59.3 Å². The first kappa shape index (κ1) is 27.9. The Morgan fingerprint density at radius 2 is 1.72 bits per heavy atom. The second-order valence-electron chi connectivity index (χ2n) is 10.4. The van der Waals surface area contributed by atoms with Crippen molar-refractivity contribution in [2.75, 3.05) is 23.9 Å². The molecule has 2 heterocycles. The lowest BCUT2D eigenvalue weighted by Crippen LogP contribution is -2.40. The van der Waals surface area contributed by atoms with Crippen molar-refractivity contribution in [3.05, 3.63) is 82.3 Å². The van der Waals surface area contributed by atoms with Crippen LogP contribution in [0.15, 0.2) is 65.6 Å². The molecule has 0 aliphatic heterocycles. The van der Waals surface area contributed by atoms with E-state index < -0.39 is 0 Å². The summed E-state index contributed by atoms with van der Waals surface area (Å²) in [7, 11) is 1.61. The average molecular weight is 527 g/mol. The van der Waals surface area contributed by atoms with Crippen LogP contribution in [-0.2, 0) is 0 Å². The van der Waals surface area contributed by atoms with Crippen LogP contribution in [0, 0.1) is 0 Å². The number of para-hydroxylation sites is 1. The van der Waals surface area contributed by atoms with E-state index in [1.165, 1.54) is 0 Å². The number of unbranched alkanes of at least 4 members (excludes halogenated alkanes) is 1. The molecule has 0 radical (unpaired) electrons. The number of anilines is 2. The van der Waals surface area contributed by atoms with Crippen molar-refractivity contribution in [2.24, 2.45) is 0 Å². The van der Waals surface area contributed by atoms with Crippen molar-refractivity contribution < 1.29 is 9.53 Å². The molecule has 39 heavy (non-hydrogen) atoms. The SMILES string of the molecule is CCCCN(C(=O)Nc1c(C(C)C)cccc1C(C)C)c1c(-c2cccc(OC)c2)c2cccnc2[nH]c1=O. The monoisotopic (exact) mass is 526 g/mol. The molecule has 0 fully saturated rings. The molecule has 0 saturated carbocycles. The maximum Gasteiger partial charge on any atom is 0.326 e. The van der Waals surface area contributed by atoms with Gasteiger partial charge >= 0.3 is 6.03 Å². The molecule has 7 nitrogen and oxygen atoms in total. The molecule has 0 saturated heterocycles. The molecule has 4 rings (SSSR count). The molecule has 0 bridgehead atoms. The zero-order chi connectivity index (χ0) is 28.1. The second-order valence-corrected chi connectivity index (χ2v) is 10.4. The van der Waals surface area contributed by atoms with Crippen LogP contribution in [0.25, 0.3) is 22.2 Å². The summed E-state index contributed by atoms with van der Waals surface area (Å²) >= 11 is 0. The van der Waals surface area contributed by atoms with Crippen LogP contribution in [0.5, 0.6) is 5.75 Å². The molecule has 0 aliphatic rings. The van der Waals surface area contributed by atoms with Crippen LogP contribution in [0.4, 0.5) is 16.2 Å². The number of H-pyrrole nitrogens is 1. The number of aromatic amines is 1. The summed E-state index contributed by atoms with van der Waals surface area (Å²) in [5, 5.41) is 3.97. The van der Waals surface area contributed by atoms with Gasteiger partial charge in [0.2, 0.25) is 0 Å². The number of benzene rings is 2. The van der Waals surface area contributed by atoms with E-state index >= 15 is 0 Å². The first-order chi connectivity index (χ1) is 18.8. The van der Waals surface area contributed by atoms with E-state index in [0.29, 0.717) is 29.2 Å². The Balaban J connectivity index is 1.94. The minimum absolute atomic E-state index is 0.214. The van der Waals surface area contributed by atoms with Gasteiger partial charge in [0.1, 0.15) is 17.1 Å². The van der Waals surface area contributed by atoms with Gasteiger partial charge in [0.25, 0.3) is 5.56 Å². The molecule has 0 spiro atoms. The van der Waals surface area contributed by atoms with E-state index in [2.05, 4.69) is 62.0 Å². The van der Waals surface area contributed by atoms with Gasteiger partial charge in [-0.25, -0.2) is 9.78 Å². The van der Waals surface area contributed by atoms with Crippen LogP contribution < -0.4 is 20.5 Å². The Kier molecular flexibility index (Phi) is 8.69. The lowest BCUT2D eigenvalue weighted by Gasteiger charge is -2.28. The van der Waals surface area contributed by atoms with Crippen molar-refractivity contribution in [3.63, 3.8) is 0 Å². The summed E-state index contributed by atoms with van der Waals surface area (Å²) in [4.78, 5) is 36.8. The first-order valence-corrected chi connectivity index (χ1v) is 13.6. The second kappa shape index (κ2) is 12.2. The molecule has 0 unspecified atom stereocenters. The fraction of sp³-hybridized carbons (Fsp3) is 0.344. The highest BCUT2D eigenvalue weighted by Gasteiger charge is 2.27. The van der Waals surface area contributed by atoms with E-state index in [9.17, 15) is 9.59 Å². The van der Waals surface area contributed by atoms with Gasteiger partial charge in [-0.1, -0.05) is 71.4 Å². The molecule has 0 atom stereocenters. The Hall–Kier alpha value is -4.13. The summed E-state index contributed by atoms with van der Waals surface area (Å²) in [6.07, 6.45) is 3.24. The highest BCUT2D eigenvalue weighted by molar-refractivity contribution is 6.09. The van der Waals surface area contributed by atoms with Crippen LogP contribution in [0.3, 0.4) is 0 Å². The molecule has 4 aromatic rings. The number of nitrogens with one attached hydrogen (secondary N) is 2. The van der Waals surface area contributed by atoms with E-state index in [4.69, 9.17) is 4.74 Å². The van der Waals surface area contributed by atoms with Crippen LogP contribution >= 0.6 is 0 Å². The number of aromatic nitrogens is 2. The molecule has 2 N–H and O–H groups in total. The summed E-state index contributed by atoms with van der Waals surface area (Å²) in [6, 6.07) is 17.1. The Morgan fingerprint density at radius 1 is 1.03 bits per heavy atom. The summed E-state index contributed by atoms with van der Waals surface area (Å²) < 4.78 is 5.49. The lowest BCUT2D eigenvalue weighted by molar-refractivity contribution is 0.256. The molecule has 7 heteroatoms. The van der Waals surface area contributed by atoms with Gasteiger partial charge < -0.3 is 15.0 Å². The highest BCUT2D eigenvalue weighted by atomic mass is 16.5. The fourth-order valence-corrected chi connectivity index (χ4v) is 4.94. The largest absolute Gasteiger partial charge is 0.497 e. The fourth-order valence-electron chi connectivity index (χ4n) is 4.94. The van der Waals surface area contributed by atoms with Gasteiger partial charge in [0.15, 0.2) is 0 Å². The van der Waals surface area contributed by atoms with E-state index in [-0.39, 0.29) is 23.4 Å². The van der Waals surface area contributed by atoms with Crippen molar-refractivity contribution in [1.29, 1.82) is 0 Å². The molecular weight excluding hydrogens is 488 g/mol. The van der Waals surface area contributed by atoms with Crippen LogP contribution in [0.1, 0.15) is 70.4 Å². The maximum absolute atomic E-state index is 14.2. The minimum Gasteiger partial charge on any atom is -0.497 e. The predicted octanol–water partition coefficient (Wildman–Crippen LogP) is 7.68. The van der Waals surface area contributed by atoms with E-state index in [1.54, 1.807) is 18.2 Å². The Bertz CT molecular complexity index is 1500. The van der Waals surface area contributed by atoms with Gasteiger partial charge in [-0.2, -0.15) is 0 Å². The summed E-state index contributed by atoms with van der Waals surface area (Å²) in [6.45, 7) is 10.9. The summed E-state index contributed by atoms with van der Waals surface area (Å²) in [5.74, 6) is 1.09. The molecule has 2 amide bonds. The van der Waals surface area contributed by atoms with Crippen molar-refractivity contribution in [3.8, 4) is 16.9 Å². The predicted molar refractivity (Wildman–Crippen MR) is 160 cm³/mol. The zero-order valence-corrected chi connectivity index (χ0v) is 23.7. The number of pyridine rings is 2. The quantitative estimate of drug-likeness (QED) is 0.234. The number of amides is 2. The van der Waals surface area contributed by atoms with Crippen molar-refractivity contribution in [1.82, 2.24) is 9.97 Å². The highest BCUT2D eigenvalue weighted by Crippen LogP contribution is 2.37. The topological polar surface area (TPSA) is 87.3 Å². The molecule has 2 aromatic carbocycles. The number of fused-ring (bicyclic) bond motifs is 1. The number of ether oxygens (including phenoxy) is 1. The third kappa shape index (κ3) is 5.82.